The molecule has 0 saturated heterocycles. The van der Waals surface area contributed by atoms with Gasteiger partial charge in [-0.1, -0.05) is 6.92 Å². The van der Waals surface area contributed by atoms with Crippen molar-refractivity contribution in [3.05, 3.63) is 0 Å². The van der Waals surface area contributed by atoms with Gasteiger partial charge in [0.2, 0.25) is 0 Å². The Hall–Kier alpha value is 0.310. The third-order valence-corrected chi connectivity index (χ3v) is 2.26. The van der Waals surface area contributed by atoms with Gasteiger partial charge < -0.3 is 5.11 Å². The molecule has 7 heavy (non-hydrogen) atoms. The first-order valence-corrected chi connectivity index (χ1v) is 3.62. The minimum absolute atomic E-state index is 0.500. The molecular formula is C5H12OS. The molecule has 1 N–H and O–H groups in total. The van der Waals surface area contributed by atoms with Crippen LogP contribution in [0.2, 0.25) is 0 Å². The average molecular weight is 120 g/mol. The normalized spacial score (nSPS) is 18.9. The SMILES string of the molecule is CCC(C)(O)SC. The summed E-state index contributed by atoms with van der Waals surface area (Å²) in [6, 6.07) is 0. The fourth-order valence-corrected chi connectivity index (χ4v) is 0.433. The van der Waals surface area contributed by atoms with E-state index in [1.807, 2.05) is 20.1 Å². The van der Waals surface area contributed by atoms with Gasteiger partial charge in [-0.2, -0.15) is 0 Å². The lowest BCUT2D eigenvalue weighted by atomic mass is 10.3. The van der Waals surface area contributed by atoms with Gasteiger partial charge in [0.1, 0.15) is 4.93 Å². The van der Waals surface area contributed by atoms with E-state index in [1.54, 1.807) is 0 Å². The van der Waals surface area contributed by atoms with Crippen LogP contribution in [-0.2, 0) is 0 Å². The van der Waals surface area contributed by atoms with Crippen molar-refractivity contribution in [2.75, 3.05) is 6.26 Å². The molecule has 0 saturated carbocycles. The second kappa shape index (κ2) is 2.58. The van der Waals surface area contributed by atoms with E-state index in [2.05, 4.69) is 0 Å². The van der Waals surface area contributed by atoms with Gasteiger partial charge in [0.15, 0.2) is 0 Å². The molecule has 0 aromatic rings. The zero-order valence-corrected chi connectivity index (χ0v) is 5.88. The topological polar surface area (TPSA) is 20.2 Å². The Morgan fingerprint density at radius 2 is 2.14 bits per heavy atom. The summed E-state index contributed by atoms with van der Waals surface area (Å²) in [5.41, 5.74) is 0. The van der Waals surface area contributed by atoms with Gasteiger partial charge in [-0.15, -0.1) is 11.8 Å². The van der Waals surface area contributed by atoms with Crippen LogP contribution in [0.1, 0.15) is 20.3 Å². The predicted octanol–water partition coefficient (Wildman–Crippen LogP) is 1.47. The van der Waals surface area contributed by atoms with Gasteiger partial charge in [-0.3, -0.25) is 0 Å². The van der Waals surface area contributed by atoms with Crippen molar-refractivity contribution in [1.82, 2.24) is 0 Å². The molecule has 0 spiro atoms. The minimum Gasteiger partial charge on any atom is -0.380 e. The Labute approximate surface area is 49.1 Å². The van der Waals surface area contributed by atoms with E-state index >= 15 is 0 Å². The molecule has 1 nitrogen and oxygen atoms in total. The summed E-state index contributed by atoms with van der Waals surface area (Å²) in [6.45, 7) is 3.79. The van der Waals surface area contributed by atoms with E-state index in [1.165, 1.54) is 11.8 Å². The summed E-state index contributed by atoms with van der Waals surface area (Å²) in [5, 5.41) is 9.09. The quantitative estimate of drug-likeness (QED) is 0.557. The van der Waals surface area contributed by atoms with E-state index in [-0.39, 0.29) is 0 Å². The molecule has 0 amide bonds. The Kier molecular flexibility index (Phi) is 2.69. The summed E-state index contributed by atoms with van der Waals surface area (Å²) in [5.74, 6) is 0. The Balaban J connectivity index is 3.36. The smallest absolute Gasteiger partial charge is 0.107 e. The van der Waals surface area contributed by atoms with Crippen molar-refractivity contribution in [1.29, 1.82) is 0 Å². The van der Waals surface area contributed by atoms with Gasteiger partial charge in [-0.25, -0.2) is 0 Å². The number of hydrogen-bond acceptors (Lipinski definition) is 2. The van der Waals surface area contributed by atoms with Crippen LogP contribution in [-0.4, -0.2) is 16.3 Å². The Morgan fingerprint density at radius 3 is 2.14 bits per heavy atom. The summed E-state index contributed by atoms with van der Waals surface area (Å²) >= 11 is 1.48. The molecule has 0 aliphatic rings. The van der Waals surface area contributed by atoms with Gasteiger partial charge in [0.05, 0.1) is 0 Å². The highest BCUT2D eigenvalue weighted by Crippen LogP contribution is 2.20. The third-order valence-electron chi connectivity index (χ3n) is 1.10. The zero-order valence-electron chi connectivity index (χ0n) is 5.06. The fourth-order valence-electron chi connectivity index (χ4n) is 0.144. The molecule has 0 aliphatic carbocycles. The molecule has 0 radical (unpaired) electrons. The number of aliphatic hydroxyl groups is 1. The van der Waals surface area contributed by atoms with Crippen LogP contribution in [0.3, 0.4) is 0 Å². The molecule has 0 aliphatic heterocycles. The number of thioether (sulfide) groups is 1. The fraction of sp³-hybridized carbons (Fsp3) is 1.00. The first-order chi connectivity index (χ1) is 3.12. The van der Waals surface area contributed by atoms with Crippen LogP contribution in [0, 0.1) is 0 Å². The molecule has 1 unspecified atom stereocenters. The standard InChI is InChI=1S/C5H12OS/c1-4-5(2,6)7-3/h6H,4H2,1-3H3. The zero-order chi connectivity index (χ0) is 5.91. The molecule has 44 valence electrons. The van der Waals surface area contributed by atoms with Crippen molar-refractivity contribution in [2.24, 2.45) is 0 Å². The minimum atomic E-state index is -0.500. The van der Waals surface area contributed by atoms with Crippen LogP contribution in [0.5, 0.6) is 0 Å². The summed E-state index contributed by atoms with van der Waals surface area (Å²) in [4.78, 5) is -0.500. The van der Waals surface area contributed by atoms with Crippen LogP contribution in [0.4, 0.5) is 0 Å². The molecule has 0 rings (SSSR count). The van der Waals surface area contributed by atoms with E-state index < -0.39 is 4.93 Å². The second-order valence-corrected chi connectivity index (χ2v) is 3.02. The highest BCUT2D eigenvalue weighted by Gasteiger charge is 2.13. The maximum Gasteiger partial charge on any atom is 0.107 e. The Morgan fingerprint density at radius 1 is 1.71 bits per heavy atom. The van der Waals surface area contributed by atoms with Crippen LogP contribution >= 0.6 is 11.8 Å². The largest absolute Gasteiger partial charge is 0.380 e. The van der Waals surface area contributed by atoms with Gasteiger partial charge in [0.25, 0.3) is 0 Å². The van der Waals surface area contributed by atoms with Gasteiger partial charge in [-0.05, 0) is 19.6 Å². The predicted molar refractivity (Wildman–Crippen MR) is 34.4 cm³/mol. The van der Waals surface area contributed by atoms with Crippen LogP contribution in [0.25, 0.3) is 0 Å². The third kappa shape index (κ3) is 2.94. The summed E-state index contributed by atoms with van der Waals surface area (Å²) in [7, 11) is 0. The molecule has 0 aromatic carbocycles. The monoisotopic (exact) mass is 120 g/mol. The number of rotatable bonds is 2. The lowest BCUT2D eigenvalue weighted by molar-refractivity contribution is 0.154. The van der Waals surface area contributed by atoms with Crippen molar-refractivity contribution < 1.29 is 5.11 Å². The molecule has 1 atom stereocenters. The highest BCUT2D eigenvalue weighted by atomic mass is 32.2. The maximum atomic E-state index is 9.09. The molecular weight excluding hydrogens is 108 g/mol. The summed E-state index contributed by atoms with van der Waals surface area (Å²) < 4.78 is 0. The van der Waals surface area contributed by atoms with Crippen LogP contribution in [0.15, 0.2) is 0 Å². The first-order valence-electron chi connectivity index (χ1n) is 2.40. The number of hydrogen-bond donors (Lipinski definition) is 1. The molecule has 0 bridgehead atoms. The molecule has 2 heteroatoms. The first kappa shape index (κ1) is 7.31. The van der Waals surface area contributed by atoms with E-state index in [9.17, 15) is 0 Å². The average Bonchev–Trinajstić information content (AvgIpc) is 1.68. The van der Waals surface area contributed by atoms with Crippen molar-refractivity contribution in [3.8, 4) is 0 Å². The second-order valence-electron chi connectivity index (χ2n) is 1.73. The van der Waals surface area contributed by atoms with Crippen molar-refractivity contribution in [2.45, 2.75) is 25.2 Å². The molecule has 0 fully saturated rings. The van der Waals surface area contributed by atoms with Crippen molar-refractivity contribution >= 4 is 11.8 Å². The highest BCUT2D eigenvalue weighted by molar-refractivity contribution is 7.99. The van der Waals surface area contributed by atoms with Gasteiger partial charge in [0, 0.05) is 0 Å². The van der Waals surface area contributed by atoms with Crippen LogP contribution < -0.4 is 0 Å². The lowest BCUT2D eigenvalue weighted by Gasteiger charge is -2.16. The van der Waals surface area contributed by atoms with E-state index in [4.69, 9.17) is 5.11 Å². The maximum absolute atomic E-state index is 9.09. The summed E-state index contributed by atoms with van der Waals surface area (Å²) in [6.07, 6.45) is 2.72. The molecule has 0 heterocycles. The van der Waals surface area contributed by atoms with Gasteiger partial charge >= 0.3 is 0 Å². The lowest BCUT2D eigenvalue weighted by Crippen LogP contribution is -2.15. The van der Waals surface area contributed by atoms with Crippen molar-refractivity contribution in [3.63, 3.8) is 0 Å². The van der Waals surface area contributed by atoms with E-state index in [0.29, 0.717) is 0 Å². The van der Waals surface area contributed by atoms with E-state index in [0.717, 1.165) is 6.42 Å². The Bertz CT molecular complexity index is 46.0. The molecule has 0 aromatic heterocycles.